The number of amides is 2. The molecule has 6 unspecified atom stereocenters. The summed E-state index contributed by atoms with van der Waals surface area (Å²) in [6.45, 7) is 0.258. The van der Waals surface area contributed by atoms with Gasteiger partial charge in [-0.05, 0) is 57.3 Å². The van der Waals surface area contributed by atoms with Crippen LogP contribution >= 0.6 is 11.6 Å². The zero-order valence-electron chi connectivity index (χ0n) is 17.0. The van der Waals surface area contributed by atoms with E-state index < -0.39 is 29.3 Å². The minimum Gasteiger partial charge on any atom is -0.368 e. The molecular weight excluding hydrogens is 421 g/mol. The Hall–Kier alpha value is -1.02. The molecule has 0 heterocycles. The van der Waals surface area contributed by atoms with Crippen LogP contribution in [0.5, 0.6) is 0 Å². The zero-order valence-corrected chi connectivity index (χ0v) is 17.7. The molecule has 5 rings (SSSR count). The number of hydrogen-bond acceptors (Lipinski definition) is 3. The summed E-state index contributed by atoms with van der Waals surface area (Å²) in [4.78, 5) is 24.7. The molecule has 5 aliphatic rings. The molecule has 0 aromatic rings. The Bertz CT molecular complexity index is 662. The van der Waals surface area contributed by atoms with Crippen molar-refractivity contribution < 1.29 is 27.5 Å². The molecule has 9 heteroatoms. The van der Waals surface area contributed by atoms with Gasteiger partial charge >= 0.3 is 0 Å². The van der Waals surface area contributed by atoms with Gasteiger partial charge in [0.25, 0.3) is 0 Å². The molecule has 0 saturated heterocycles. The van der Waals surface area contributed by atoms with Crippen LogP contribution in [0, 0.1) is 11.3 Å². The van der Waals surface area contributed by atoms with Gasteiger partial charge in [-0.2, -0.15) is 0 Å². The minimum absolute atomic E-state index is 0.0214. The smallest absolute Gasteiger partial charge is 0.246 e. The minimum atomic E-state index is -1.43. The van der Waals surface area contributed by atoms with E-state index in [9.17, 15) is 22.8 Å². The van der Waals surface area contributed by atoms with Crippen LogP contribution in [0.15, 0.2) is 0 Å². The van der Waals surface area contributed by atoms with Gasteiger partial charge in [0, 0.05) is 18.5 Å². The number of halogens is 4. The normalized spacial score (nSPS) is 45.1. The highest BCUT2D eigenvalue weighted by molar-refractivity contribution is 6.21. The van der Waals surface area contributed by atoms with Crippen molar-refractivity contribution >= 4 is 23.4 Å². The van der Waals surface area contributed by atoms with Crippen molar-refractivity contribution in [1.82, 2.24) is 10.6 Å². The molecule has 5 nitrogen and oxygen atoms in total. The third-order valence-corrected chi connectivity index (χ3v) is 7.86. The Morgan fingerprint density at radius 3 is 2.37 bits per heavy atom. The van der Waals surface area contributed by atoms with Crippen LogP contribution in [0.1, 0.15) is 57.8 Å². The summed E-state index contributed by atoms with van der Waals surface area (Å²) in [6.07, 6.45) is -0.0875. The third-order valence-electron chi connectivity index (χ3n) is 7.36. The van der Waals surface area contributed by atoms with E-state index in [4.69, 9.17) is 16.3 Å². The lowest BCUT2D eigenvalue weighted by Crippen LogP contribution is -2.78. The quantitative estimate of drug-likeness (QED) is 0.585. The van der Waals surface area contributed by atoms with Crippen molar-refractivity contribution in [2.75, 3.05) is 13.2 Å². The first kappa shape index (κ1) is 22.2. The van der Waals surface area contributed by atoms with E-state index in [1.54, 1.807) is 0 Å². The van der Waals surface area contributed by atoms with Crippen molar-refractivity contribution in [2.45, 2.75) is 93.3 Å². The predicted octanol–water partition coefficient (Wildman–Crippen LogP) is 3.13. The lowest BCUT2D eigenvalue weighted by atomic mass is 9.39. The lowest BCUT2D eigenvalue weighted by molar-refractivity contribution is -0.185. The molecule has 5 saturated carbocycles. The second kappa shape index (κ2) is 8.49. The fourth-order valence-electron chi connectivity index (χ4n) is 5.65. The maximum atomic E-state index is 13.6. The van der Waals surface area contributed by atoms with Crippen molar-refractivity contribution in [2.24, 2.45) is 11.3 Å². The van der Waals surface area contributed by atoms with Crippen LogP contribution in [0.2, 0.25) is 0 Å². The van der Waals surface area contributed by atoms with Gasteiger partial charge in [0.1, 0.15) is 25.1 Å². The second-order valence-corrected chi connectivity index (χ2v) is 10.4. The molecule has 2 amide bonds. The molecule has 0 radical (unpaired) electrons. The van der Waals surface area contributed by atoms with E-state index >= 15 is 0 Å². The predicted molar refractivity (Wildman–Crippen MR) is 105 cm³/mol. The third kappa shape index (κ3) is 4.45. The average Bonchev–Trinajstić information content (AvgIpc) is 2.65. The Labute approximate surface area is 179 Å². The summed E-state index contributed by atoms with van der Waals surface area (Å²) in [5.74, 6) is -0.324. The molecule has 2 bridgehead atoms. The molecule has 6 atom stereocenters. The first-order valence-electron chi connectivity index (χ1n) is 11.0. The maximum absolute atomic E-state index is 13.6. The van der Waals surface area contributed by atoms with Gasteiger partial charge in [-0.25, -0.2) is 13.2 Å². The zero-order chi connectivity index (χ0) is 21.5. The van der Waals surface area contributed by atoms with Crippen LogP contribution in [0.3, 0.4) is 0 Å². The topological polar surface area (TPSA) is 67.4 Å². The summed E-state index contributed by atoms with van der Waals surface area (Å²) in [5.41, 5.74) is -0.786. The lowest BCUT2D eigenvalue weighted by Gasteiger charge is -2.69. The van der Waals surface area contributed by atoms with E-state index in [0.717, 1.165) is 0 Å². The van der Waals surface area contributed by atoms with Crippen molar-refractivity contribution in [3.8, 4) is 0 Å². The molecule has 5 fully saturated rings. The van der Waals surface area contributed by atoms with Crippen LogP contribution in [-0.2, 0) is 14.3 Å². The van der Waals surface area contributed by atoms with Gasteiger partial charge in [-0.15, -0.1) is 11.6 Å². The van der Waals surface area contributed by atoms with E-state index in [0.29, 0.717) is 45.1 Å². The van der Waals surface area contributed by atoms with Crippen LogP contribution in [-0.4, -0.2) is 60.5 Å². The molecule has 0 spiro atoms. The van der Waals surface area contributed by atoms with Gasteiger partial charge in [0.15, 0.2) is 0 Å². The molecule has 0 aliphatic heterocycles. The van der Waals surface area contributed by atoms with Gasteiger partial charge in [0.05, 0.1) is 16.9 Å². The highest BCUT2D eigenvalue weighted by Crippen LogP contribution is 2.67. The first-order valence-corrected chi connectivity index (χ1v) is 11.4. The van der Waals surface area contributed by atoms with Crippen LogP contribution < -0.4 is 10.6 Å². The number of carbonyl (C=O) groups excluding carboxylic acids is 2. The standard InChI is InChI=1S/C21H30ClF3N2O3/c22-14-3-2-13(6-16(14)24)30-8-18(28)27-21-9-20(10-21,11-21)19(29)26-7-12-1-4-15(23)17(25)5-12/h12-17H,1-11H2,(H,26,29)(H,27,28). The van der Waals surface area contributed by atoms with Crippen molar-refractivity contribution in [3.05, 3.63) is 0 Å². The molecule has 170 valence electrons. The van der Waals surface area contributed by atoms with E-state index in [1.807, 2.05) is 0 Å². The number of rotatable bonds is 7. The number of ether oxygens (including phenoxy) is 1. The van der Waals surface area contributed by atoms with Crippen molar-refractivity contribution in [3.63, 3.8) is 0 Å². The molecular formula is C21H30ClF3N2O3. The Balaban J connectivity index is 1.13. The van der Waals surface area contributed by atoms with Crippen LogP contribution in [0.4, 0.5) is 13.2 Å². The molecule has 5 aliphatic carbocycles. The fraction of sp³-hybridized carbons (Fsp3) is 0.905. The highest BCUT2D eigenvalue weighted by atomic mass is 35.5. The van der Waals surface area contributed by atoms with Gasteiger partial charge in [0.2, 0.25) is 11.8 Å². The Kier molecular flexibility index (Phi) is 6.28. The Morgan fingerprint density at radius 2 is 1.70 bits per heavy atom. The van der Waals surface area contributed by atoms with E-state index in [2.05, 4.69) is 10.6 Å². The Morgan fingerprint density at radius 1 is 0.967 bits per heavy atom. The van der Waals surface area contributed by atoms with Crippen molar-refractivity contribution in [1.29, 1.82) is 0 Å². The second-order valence-electron chi connectivity index (χ2n) is 9.84. The van der Waals surface area contributed by atoms with E-state index in [1.165, 1.54) is 0 Å². The molecule has 0 aromatic carbocycles. The molecule has 30 heavy (non-hydrogen) atoms. The number of alkyl halides is 4. The molecule has 0 aromatic heterocycles. The SMILES string of the molecule is O=C(COC1CCC(Cl)C(F)C1)NC12CC(C(=O)NCC3CCC(F)C(F)C3)(C1)C2. The van der Waals surface area contributed by atoms with Gasteiger partial charge < -0.3 is 15.4 Å². The summed E-state index contributed by atoms with van der Waals surface area (Å²) in [5, 5.41) is 5.39. The highest BCUT2D eigenvalue weighted by Gasteiger charge is 2.72. The van der Waals surface area contributed by atoms with Crippen LogP contribution in [0.25, 0.3) is 0 Å². The summed E-state index contributed by atoms with van der Waals surface area (Å²) in [7, 11) is 0. The monoisotopic (exact) mass is 450 g/mol. The summed E-state index contributed by atoms with van der Waals surface area (Å²) >= 11 is 5.86. The largest absolute Gasteiger partial charge is 0.368 e. The number of carbonyl (C=O) groups is 2. The van der Waals surface area contributed by atoms with Gasteiger partial charge in [-0.1, -0.05) is 0 Å². The first-order chi connectivity index (χ1) is 14.2. The average molecular weight is 451 g/mol. The van der Waals surface area contributed by atoms with Gasteiger partial charge in [-0.3, -0.25) is 9.59 Å². The summed E-state index contributed by atoms with van der Waals surface area (Å²) < 4.78 is 45.9. The van der Waals surface area contributed by atoms with E-state index in [-0.39, 0.29) is 55.2 Å². The summed E-state index contributed by atoms with van der Waals surface area (Å²) in [6, 6.07) is 0. The number of nitrogens with one attached hydrogen (secondary N) is 2. The number of hydrogen-bond donors (Lipinski definition) is 2. The molecule has 2 N–H and O–H groups in total. The maximum Gasteiger partial charge on any atom is 0.246 e. The fourth-order valence-corrected chi connectivity index (χ4v) is 5.88.